The first kappa shape index (κ1) is 19.5. The lowest BCUT2D eigenvalue weighted by atomic mass is 10.2. The van der Waals surface area contributed by atoms with Gasteiger partial charge in [-0.25, -0.2) is 4.98 Å². The molecule has 8 heteroatoms. The van der Waals surface area contributed by atoms with Crippen molar-refractivity contribution in [3.05, 3.63) is 30.1 Å². The first-order valence-electron chi connectivity index (χ1n) is 7.03. The number of aromatic amines is 1. The van der Waals surface area contributed by atoms with Crippen molar-refractivity contribution in [1.29, 1.82) is 0 Å². The number of rotatable bonds is 5. The van der Waals surface area contributed by atoms with E-state index in [1.165, 1.54) is 0 Å². The molecule has 0 spiro atoms. The van der Waals surface area contributed by atoms with Gasteiger partial charge in [0.2, 0.25) is 5.91 Å². The van der Waals surface area contributed by atoms with Crippen LogP contribution in [0.5, 0.6) is 0 Å². The highest BCUT2D eigenvalue weighted by Gasteiger charge is 2.13. The van der Waals surface area contributed by atoms with E-state index in [-0.39, 0.29) is 23.1 Å². The van der Waals surface area contributed by atoms with Crippen LogP contribution in [0.1, 0.15) is 26.6 Å². The van der Waals surface area contributed by atoms with Crippen LogP contribution in [0.25, 0.3) is 11.4 Å². The van der Waals surface area contributed by atoms with E-state index in [0.717, 1.165) is 11.3 Å². The molecule has 126 valence electrons. The second-order valence-corrected chi connectivity index (χ2v) is 7.64. The number of nitrogens with one attached hydrogen (secondary N) is 2. The van der Waals surface area contributed by atoms with Crippen LogP contribution in [0.4, 0.5) is 5.69 Å². The van der Waals surface area contributed by atoms with E-state index in [0.29, 0.717) is 23.9 Å². The van der Waals surface area contributed by atoms with E-state index in [1.807, 2.05) is 24.3 Å². The number of hydrogen-bond acceptors (Lipinski definition) is 5. The number of anilines is 1. The standard InChI is InChI=1S/C15H21N5OS.ClH/c1-15(2,3)22-9-13(21)17-11-6-4-10(5-7-11)14-18-12(8-16)19-20-14;/h4-7H,8-9,16H2,1-3H3,(H,17,21)(H,18,19,20);1H. The summed E-state index contributed by atoms with van der Waals surface area (Å²) < 4.78 is 0.0769. The Morgan fingerprint density at radius 1 is 1.30 bits per heavy atom. The highest BCUT2D eigenvalue weighted by atomic mass is 35.5. The van der Waals surface area contributed by atoms with Crippen molar-refractivity contribution in [3.63, 3.8) is 0 Å². The maximum absolute atomic E-state index is 11.9. The molecule has 6 nitrogen and oxygen atoms in total. The van der Waals surface area contributed by atoms with Gasteiger partial charge in [0.25, 0.3) is 0 Å². The summed E-state index contributed by atoms with van der Waals surface area (Å²) in [7, 11) is 0. The second kappa shape index (κ2) is 8.33. The van der Waals surface area contributed by atoms with Gasteiger partial charge >= 0.3 is 0 Å². The average molecular weight is 356 g/mol. The van der Waals surface area contributed by atoms with Gasteiger partial charge in [0.1, 0.15) is 5.82 Å². The number of carbonyl (C=O) groups excluding carboxylic acids is 1. The molecule has 1 aromatic heterocycles. The third-order valence-corrected chi connectivity index (χ3v) is 4.06. The summed E-state index contributed by atoms with van der Waals surface area (Å²) in [5, 5.41) is 9.75. The summed E-state index contributed by atoms with van der Waals surface area (Å²) in [6.45, 7) is 6.59. The van der Waals surface area contributed by atoms with Gasteiger partial charge in [-0.15, -0.1) is 24.2 Å². The molecule has 0 bridgehead atoms. The number of thioether (sulfide) groups is 1. The summed E-state index contributed by atoms with van der Waals surface area (Å²) >= 11 is 1.62. The minimum Gasteiger partial charge on any atom is -0.325 e. The Bertz CT molecular complexity index is 636. The van der Waals surface area contributed by atoms with Crippen molar-refractivity contribution in [3.8, 4) is 11.4 Å². The van der Waals surface area contributed by atoms with Gasteiger partial charge in [0.05, 0.1) is 12.3 Å². The number of benzene rings is 1. The Labute approximate surface area is 146 Å². The molecule has 1 heterocycles. The largest absolute Gasteiger partial charge is 0.325 e. The molecule has 1 aromatic carbocycles. The molecular formula is C15H22ClN5OS. The third kappa shape index (κ3) is 6.21. The zero-order valence-electron chi connectivity index (χ0n) is 13.4. The average Bonchev–Trinajstić information content (AvgIpc) is 2.94. The summed E-state index contributed by atoms with van der Waals surface area (Å²) in [4.78, 5) is 16.1. The Balaban J connectivity index is 0.00000264. The van der Waals surface area contributed by atoms with Gasteiger partial charge in [-0.1, -0.05) is 20.8 Å². The molecule has 1 amide bonds. The number of H-pyrrole nitrogens is 1. The van der Waals surface area contributed by atoms with E-state index >= 15 is 0 Å². The number of amides is 1. The number of carbonyl (C=O) groups is 1. The summed E-state index contributed by atoms with van der Waals surface area (Å²) in [5.74, 6) is 1.68. The van der Waals surface area contributed by atoms with E-state index in [1.54, 1.807) is 11.8 Å². The van der Waals surface area contributed by atoms with Crippen molar-refractivity contribution < 1.29 is 4.79 Å². The number of halogens is 1. The predicted molar refractivity (Wildman–Crippen MR) is 97.8 cm³/mol. The molecule has 0 aliphatic rings. The summed E-state index contributed by atoms with van der Waals surface area (Å²) in [6.07, 6.45) is 0. The van der Waals surface area contributed by atoms with Crippen LogP contribution in [-0.2, 0) is 11.3 Å². The quantitative estimate of drug-likeness (QED) is 0.766. The van der Waals surface area contributed by atoms with Gasteiger partial charge < -0.3 is 11.1 Å². The first-order chi connectivity index (χ1) is 10.4. The molecule has 0 saturated carbocycles. The summed E-state index contributed by atoms with van der Waals surface area (Å²) in [5.41, 5.74) is 7.13. The highest BCUT2D eigenvalue weighted by molar-refractivity contribution is 8.01. The molecule has 0 fully saturated rings. The molecule has 23 heavy (non-hydrogen) atoms. The number of nitrogens with two attached hydrogens (primary N) is 1. The van der Waals surface area contributed by atoms with E-state index in [2.05, 4.69) is 41.3 Å². The molecule has 0 radical (unpaired) electrons. The van der Waals surface area contributed by atoms with Gasteiger partial charge in [0.15, 0.2) is 5.82 Å². The molecule has 0 saturated heterocycles. The number of nitrogens with zero attached hydrogens (tertiary/aromatic N) is 2. The van der Waals surface area contributed by atoms with Crippen molar-refractivity contribution in [2.24, 2.45) is 5.73 Å². The molecule has 2 aromatic rings. The lowest BCUT2D eigenvalue weighted by Crippen LogP contribution is -2.18. The van der Waals surface area contributed by atoms with Crippen LogP contribution < -0.4 is 11.1 Å². The van der Waals surface area contributed by atoms with Crippen LogP contribution in [0.2, 0.25) is 0 Å². The van der Waals surface area contributed by atoms with Crippen molar-refractivity contribution in [2.75, 3.05) is 11.1 Å². The third-order valence-electron chi connectivity index (χ3n) is 2.79. The number of hydrogen-bond donors (Lipinski definition) is 3. The molecule has 0 aliphatic carbocycles. The fraction of sp³-hybridized carbons (Fsp3) is 0.400. The summed E-state index contributed by atoms with van der Waals surface area (Å²) in [6, 6.07) is 7.42. The minimum absolute atomic E-state index is 0. The highest BCUT2D eigenvalue weighted by Crippen LogP contribution is 2.23. The van der Waals surface area contributed by atoms with Gasteiger partial charge in [-0.3, -0.25) is 9.89 Å². The van der Waals surface area contributed by atoms with Crippen molar-refractivity contribution in [1.82, 2.24) is 15.2 Å². The van der Waals surface area contributed by atoms with Crippen LogP contribution >= 0.6 is 24.2 Å². The predicted octanol–water partition coefficient (Wildman–Crippen LogP) is 2.82. The fourth-order valence-corrected chi connectivity index (χ4v) is 2.33. The monoisotopic (exact) mass is 355 g/mol. The Morgan fingerprint density at radius 2 is 1.96 bits per heavy atom. The lowest BCUT2D eigenvalue weighted by molar-refractivity contribution is -0.113. The second-order valence-electron chi connectivity index (χ2n) is 5.84. The Hall–Kier alpha value is -1.57. The lowest BCUT2D eigenvalue weighted by Gasteiger charge is -2.17. The van der Waals surface area contributed by atoms with Gasteiger partial charge in [-0.2, -0.15) is 5.10 Å². The zero-order chi connectivity index (χ0) is 16.2. The van der Waals surface area contributed by atoms with Crippen LogP contribution in [-0.4, -0.2) is 31.6 Å². The van der Waals surface area contributed by atoms with Crippen LogP contribution in [0.3, 0.4) is 0 Å². The van der Waals surface area contributed by atoms with E-state index in [4.69, 9.17) is 5.73 Å². The van der Waals surface area contributed by atoms with Gasteiger partial charge in [0, 0.05) is 16.0 Å². The van der Waals surface area contributed by atoms with Crippen molar-refractivity contribution >= 4 is 35.8 Å². The maximum atomic E-state index is 11.9. The smallest absolute Gasteiger partial charge is 0.234 e. The Morgan fingerprint density at radius 3 is 2.48 bits per heavy atom. The number of aromatic nitrogens is 3. The molecule has 0 aliphatic heterocycles. The van der Waals surface area contributed by atoms with E-state index < -0.39 is 0 Å². The maximum Gasteiger partial charge on any atom is 0.234 e. The molecule has 2 rings (SSSR count). The van der Waals surface area contributed by atoms with Gasteiger partial charge in [-0.05, 0) is 24.3 Å². The minimum atomic E-state index is -0.00372. The molecule has 0 atom stereocenters. The van der Waals surface area contributed by atoms with Crippen LogP contribution in [0.15, 0.2) is 24.3 Å². The normalized spacial score (nSPS) is 11.0. The zero-order valence-corrected chi connectivity index (χ0v) is 15.1. The molecule has 4 N–H and O–H groups in total. The fourth-order valence-electron chi connectivity index (χ4n) is 1.70. The van der Waals surface area contributed by atoms with E-state index in [9.17, 15) is 4.79 Å². The SMILES string of the molecule is CC(C)(C)SCC(=O)Nc1ccc(-c2n[nH]c(CN)n2)cc1.Cl. The topological polar surface area (TPSA) is 96.7 Å². The Kier molecular flexibility index (Phi) is 7.05. The molecule has 0 unspecified atom stereocenters. The van der Waals surface area contributed by atoms with Crippen LogP contribution in [0, 0.1) is 0 Å². The molecular weight excluding hydrogens is 334 g/mol. The first-order valence-corrected chi connectivity index (χ1v) is 8.01. The van der Waals surface area contributed by atoms with Crippen molar-refractivity contribution in [2.45, 2.75) is 32.1 Å².